The third kappa shape index (κ3) is 5.68. The number of carbonyl (C=O) groups excluding carboxylic acids is 1. The number of hydrogen-bond acceptors (Lipinski definition) is 4. The molecule has 2 heterocycles. The van der Waals surface area contributed by atoms with Crippen LogP contribution in [0, 0.1) is 0 Å². The summed E-state index contributed by atoms with van der Waals surface area (Å²) in [7, 11) is 0. The Morgan fingerprint density at radius 3 is 2.41 bits per heavy atom. The van der Waals surface area contributed by atoms with E-state index in [1.54, 1.807) is 36.5 Å². The van der Waals surface area contributed by atoms with Gasteiger partial charge in [-0.1, -0.05) is 12.1 Å². The molecule has 1 aromatic heterocycles. The van der Waals surface area contributed by atoms with E-state index in [9.17, 15) is 18.0 Å². The Balaban J connectivity index is 1.53. The van der Waals surface area contributed by atoms with Crippen LogP contribution in [0.4, 0.5) is 24.7 Å². The molecule has 2 aromatic rings. The number of rotatable bonds is 6. The Hall–Kier alpha value is -2.61. The van der Waals surface area contributed by atoms with Crippen molar-refractivity contribution in [2.75, 3.05) is 29.9 Å². The molecule has 8 heteroatoms. The van der Waals surface area contributed by atoms with Gasteiger partial charge in [-0.25, -0.2) is 4.98 Å². The molecule has 3 rings (SSSR count). The molecule has 1 fully saturated rings. The first kappa shape index (κ1) is 19.2. The second-order valence-electron chi connectivity index (χ2n) is 6.36. The minimum absolute atomic E-state index is 0.163. The number of nitrogens with one attached hydrogen (secondary N) is 1. The standard InChI is InChI=1S/C19H20F3N3O2/c20-19(21,22)13-27-12-14-3-5-15(6-4-14)18(26)24-16-7-8-17(23-11-16)25-9-1-2-10-25/h3-8,11H,1-2,9-10,12-13H2,(H,24,26). The van der Waals surface area contributed by atoms with E-state index in [2.05, 4.69) is 19.9 Å². The van der Waals surface area contributed by atoms with E-state index in [0.29, 0.717) is 16.8 Å². The van der Waals surface area contributed by atoms with Crippen LogP contribution < -0.4 is 10.2 Å². The van der Waals surface area contributed by atoms with Gasteiger partial charge in [0.25, 0.3) is 5.91 Å². The molecule has 5 nitrogen and oxygen atoms in total. The van der Waals surface area contributed by atoms with Crippen LogP contribution >= 0.6 is 0 Å². The zero-order valence-electron chi connectivity index (χ0n) is 14.6. The van der Waals surface area contributed by atoms with E-state index in [4.69, 9.17) is 0 Å². The highest BCUT2D eigenvalue weighted by atomic mass is 19.4. The van der Waals surface area contributed by atoms with Gasteiger partial charge in [0.2, 0.25) is 0 Å². The van der Waals surface area contributed by atoms with Crippen LogP contribution in [-0.4, -0.2) is 36.8 Å². The van der Waals surface area contributed by atoms with Crippen LogP contribution in [0.25, 0.3) is 0 Å². The van der Waals surface area contributed by atoms with Crippen molar-refractivity contribution >= 4 is 17.4 Å². The Morgan fingerprint density at radius 2 is 1.81 bits per heavy atom. The third-order valence-electron chi connectivity index (χ3n) is 4.19. The van der Waals surface area contributed by atoms with Gasteiger partial charge in [-0.2, -0.15) is 13.2 Å². The number of aromatic nitrogens is 1. The number of halogens is 3. The predicted molar refractivity (Wildman–Crippen MR) is 95.8 cm³/mol. The van der Waals surface area contributed by atoms with Crippen molar-refractivity contribution < 1.29 is 22.7 Å². The second-order valence-corrected chi connectivity index (χ2v) is 6.36. The monoisotopic (exact) mass is 379 g/mol. The maximum atomic E-state index is 12.3. The molecule has 144 valence electrons. The number of hydrogen-bond donors (Lipinski definition) is 1. The van der Waals surface area contributed by atoms with Crippen molar-refractivity contribution in [3.05, 3.63) is 53.7 Å². The summed E-state index contributed by atoms with van der Waals surface area (Å²) in [6, 6.07) is 9.92. The number of alkyl halides is 3. The molecule has 0 saturated carbocycles. The number of nitrogens with zero attached hydrogens (tertiary/aromatic N) is 2. The number of pyridine rings is 1. The van der Waals surface area contributed by atoms with E-state index < -0.39 is 12.8 Å². The molecule has 0 spiro atoms. The van der Waals surface area contributed by atoms with Crippen molar-refractivity contribution in [2.45, 2.75) is 25.6 Å². The van der Waals surface area contributed by atoms with Crippen LogP contribution in [0.2, 0.25) is 0 Å². The van der Waals surface area contributed by atoms with E-state index in [-0.39, 0.29) is 12.5 Å². The molecule has 0 radical (unpaired) electrons. The van der Waals surface area contributed by atoms with E-state index in [0.717, 1.165) is 31.7 Å². The first-order valence-corrected chi connectivity index (χ1v) is 8.66. The third-order valence-corrected chi connectivity index (χ3v) is 4.19. The van der Waals surface area contributed by atoms with Gasteiger partial charge in [0.05, 0.1) is 18.5 Å². The lowest BCUT2D eigenvalue weighted by molar-refractivity contribution is -0.176. The molecular weight excluding hydrogens is 359 g/mol. The topological polar surface area (TPSA) is 54.5 Å². The molecule has 1 aromatic carbocycles. The molecule has 27 heavy (non-hydrogen) atoms. The molecule has 0 aliphatic carbocycles. The molecule has 1 amide bonds. The quantitative estimate of drug-likeness (QED) is 0.824. The van der Waals surface area contributed by atoms with Crippen molar-refractivity contribution in [3.63, 3.8) is 0 Å². The van der Waals surface area contributed by atoms with Crippen molar-refractivity contribution in [1.82, 2.24) is 4.98 Å². The van der Waals surface area contributed by atoms with Gasteiger partial charge in [0, 0.05) is 18.7 Å². The summed E-state index contributed by atoms with van der Waals surface area (Å²) in [4.78, 5) is 18.9. The van der Waals surface area contributed by atoms with Gasteiger partial charge in [-0.05, 0) is 42.7 Å². The maximum absolute atomic E-state index is 12.3. The van der Waals surface area contributed by atoms with Crippen molar-refractivity contribution in [3.8, 4) is 0 Å². The Bertz CT molecular complexity index is 755. The summed E-state index contributed by atoms with van der Waals surface area (Å²) in [5, 5.41) is 2.76. The molecule has 1 N–H and O–H groups in total. The summed E-state index contributed by atoms with van der Waals surface area (Å²) in [5.74, 6) is 0.585. The summed E-state index contributed by atoms with van der Waals surface area (Å²) < 4.78 is 40.8. The zero-order chi connectivity index (χ0) is 19.3. The van der Waals surface area contributed by atoms with Gasteiger partial charge < -0.3 is 15.0 Å². The lowest BCUT2D eigenvalue weighted by Gasteiger charge is -2.16. The van der Waals surface area contributed by atoms with Gasteiger partial charge in [0.15, 0.2) is 0 Å². The Morgan fingerprint density at radius 1 is 1.11 bits per heavy atom. The smallest absolute Gasteiger partial charge is 0.367 e. The number of ether oxygens (including phenoxy) is 1. The van der Waals surface area contributed by atoms with E-state index in [1.807, 2.05) is 6.07 Å². The highest BCUT2D eigenvalue weighted by molar-refractivity contribution is 6.04. The summed E-state index contributed by atoms with van der Waals surface area (Å²) in [6.45, 7) is 0.536. The maximum Gasteiger partial charge on any atom is 0.411 e. The lowest BCUT2D eigenvalue weighted by atomic mass is 10.1. The van der Waals surface area contributed by atoms with Crippen LogP contribution in [-0.2, 0) is 11.3 Å². The van der Waals surface area contributed by atoms with Gasteiger partial charge in [-0.15, -0.1) is 0 Å². The normalized spacial score (nSPS) is 14.4. The fourth-order valence-corrected chi connectivity index (χ4v) is 2.83. The van der Waals surface area contributed by atoms with Gasteiger partial charge >= 0.3 is 6.18 Å². The number of amides is 1. The van der Waals surface area contributed by atoms with Crippen LogP contribution in [0.5, 0.6) is 0 Å². The number of anilines is 2. The highest BCUT2D eigenvalue weighted by Crippen LogP contribution is 2.20. The number of benzene rings is 1. The Labute approximate surface area is 155 Å². The zero-order valence-corrected chi connectivity index (χ0v) is 14.6. The van der Waals surface area contributed by atoms with E-state index >= 15 is 0 Å². The first-order chi connectivity index (χ1) is 12.9. The largest absolute Gasteiger partial charge is 0.411 e. The minimum atomic E-state index is -4.35. The Kier molecular flexibility index (Phi) is 5.95. The average molecular weight is 379 g/mol. The van der Waals surface area contributed by atoms with Crippen LogP contribution in [0.3, 0.4) is 0 Å². The molecule has 1 saturated heterocycles. The predicted octanol–water partition coefficient (Wildman–Crippen LogP) is 4.01. The van der Waals surface area contributed by atoms with Gasteiger partial charge in [0.1, 0.15) is 12.4 Å². The SMILES string of the molecule is O=C(Nc1ccc(N2CCCC2)nc1)c1ccc(COCC(F)(F)F)cc1. The molecule has 0 atom stereocenters. The van der Waals surface area contributed by atoms with Crippen LogP contribution in [0.1, 0.15) is 28.8 Å². The molecule has 1 aliphatic heterocycles. The fraction of sp³-hybridized carbons (Fsp3) is 0.368. The summed E-state index contributed by atoms with van der Waals surface area (Å²) >= 11 is 0. The summed E-state index contributed by atoms with van der Waals surface area (Å²) in [5.41, 5.74) is 1.55. The number of carbonyl (C=O) groups is 1. The van der Waals surface area contributed by atoms with Crippen molar-refractivity contribution in [1.29, 1.82) is 0 Å². The van der Waals surface area contributed by atoms with Crippen LogP contribution in [0.15, 0.2) is 42.6 Å². The highest BCUT2D eigenvalue weighted by Gasteiger charge is 2.27. The minimum Gasteiger partial charge on any atom is -0.367 e. The second kappa shape index (κ2) is 8.39. The molecule has 0 bridgehead atoms. The fourth-order valence-electron chi connectivity index (χ4n) is 2.83. The van der Waals surface area contributed by atoms with Gasteiger partial charge in [-0.3, -0.25) is 4.79 Å². The first-order valence-electron chi connectivity index (χ1n) is 8.66. The molecule has 0 unspecified atom stereocenters. The summed E-state index contributed by atoms with van der Waals surface area (Å²) in [6.07, 6.45) is -0.405. The molecular formula is C19H20F3N3O2. The lowest BCUT2D eigenvalue weighted by Crippen LogP contribution is -2.19. The molecule has 1 aliphatic rings. The van der Waals surface area contributed by atoms with E-state index in [1.165, 1.54) is 0 Å². The van der Waals surface area contributed by atoms with Crippen molar-refractivity contribution in [2.24, 2.45) is 0 Å². The average Bonchev–Trinajstić information content (AvgIpc) is 3.16.